The Kier molecular flexibility index (Phi) is 8.60. The first kappa shape index (κ1) is 22.7. The van der Waals surface area contributed by atoms with E-state index >= 15 is 0 Å². The normalized spacial score (nSPS) is 18.5. The monoisotopic (exact) mass is 522 g/mol. The van der Waals surface area contributed by atoms with Gasteiger partial charge in [0, 0.05) is 32.1 Å². The Morgan fingerprint density at radius 3 is 2.70 bits per heavy atom. The van der Waals surface area contributed by atoms with E-state index in [4.69, 9.17) is 4.42 Å². The summed E-state index contributed by atoms with van der Waals surface area (Å²) in [5, 5.41) is 6.94. The van der Waals surface area contributed by atoms with Crippen LogP contribution in [0.5, 0.6) is 0 Å². The highest BCUT2D eigenvalue weighted by Crippen LogP contribution is 2.21. The quantitative estimate of drug-likeness (QED) is 0.348. The van der Waals surface area contributed by atoms with Crippen LogP contribution in [0.2, 0.25) is 0 Å². The highest BCUT2D eigenvalue weighted by Gasteiger charge is 2.20. The zero-order valence-electron chi connectivity index (χ0n) is 17.3. The number of hydrogen-bond acceptors (Lipinski definition) is 3. The largest absolute Gasteiger partial charge is 0.469 e. The SMILES string of the molecule is I.O=C(CN=C(NCCc1ccco1)NC1CCc2ccccc2C1)N1CCCC1. The third-order valence-electron chi connectivity index (χ3n) is 5.76. The average molecular weight is 522 g/mol. The lowest BCUT2D eigenvalue weighted by Gasteiger charge is -2.27. The lowest BCUT2D eigenvalue weighted by atomic mass is 9.88. The van der Waals surface area contributed by atoms with Gasteiger partial charge in [-0.3, -0.25) is 4.79 Å². The number of amides is 1. The Labute approximate surface area is 195 Å². The molecule has 1 aliphatic carbocycles. The van der Waals surface area contributed by atoms with Crippen molar-refractivity contribution in [1.29, 1.82) is 0 Å². The van der Waals surface area contributed by atoms with Gasteiger partial charge >= 0.3 is 0 Å². The van der Waals surface area contributed by atoms with Crippen LogP contribution in [0.1, 0.15) is 36.1 Å². The minimum absolute atomic E-state index is 0. The van der Waals surface area contributed by atoms with E-state index in [1.807, 2.05) is 17.0 Å². The maximum absolute atomic E-state index is 12.4. The Morgan fingerprint density at radius 1 is 1.13 bits per heavy atom. The zero-order valence-corrected chi connectivity index (χ0v) is 19.6. The number of carbonyl (C=O) groups is 1. The predicted octanol–water partition coefficient (Wildman–Crippen LogP) is 3.16. The van der Waals surface area contributed by atoms with E-state index in [2.05, 4.69) is 39.9 Å². The number of guanidine groups is 1. The number of aryl methyl sites for hydroxylation is 1. The summed E-state index contributed by atoms with van der Waals surface area (Å²) < 4.78 is 5.41. The molecule has 0 saturated carbocycles. The van der Waals surface area contributed by atoms with Crippen molar-refractivity contribution in [1.82, 2.24) is 15.5 Å². The molecule has 2 heterocycles. The van der Waals surface area contributed by atoms with E-state index in [1.165, 1.54) is 11.1 Å². The molecule has 0 spiro atoms. The van der Waals surface area contributed by atoms with Crippen LogP contribution >= 0.6 is 24.0 Å². The molecular weight excluding hydrogens is 491 g/mol. The summed E-state index contributed by atoms with van der Waals surface area (Å²) in [4.78, 5) is 18.9. The number of carbonyl (C=O) groups excluding carboxylic acids is 1. The molecule has 1 saturated heterocycles. The van der Waals surface area contributed by atoms with Crippen molar-refractivity contribution in [2.45, 2.75) is 44.6 Å². The van der Waals surface area contributed by atoms with Gasteiger partial charge in [0.1, 0.15) is 12.3 Å². The topological polar surface area (TPSA) is 69.9 Å². The van der Waals surface area contributed by atoms with Crippen molar-refractivity contribution in [3.63, 3.8) is 0 Å². The molecule has 1 atom stereocenters. The number of nitrogens with zero attached hydrogens (tertiary/aromatic N) is 2. The van der Waals surface area contributed by atoms with Gasteiger partial charge in [0.2, 0.25) is 5.91 Å². The Balaban J connectivity index is 0.00000256. The summed E-state index contributed by atoms with van der Waals surface area (Å²) in [5.41, 5.74) is 2.85. The maximum Gasteiger partial charge on any atom is 0.244 e. The fourth-order valence-electron chi connectivity index (χ4n) is 4.14. The fourth-order valence-corrected chi connectivity index (χ4v) is 4.14. The number of furan rings is 1. The Hall–Kier alpha value is -2.03. The van der Waals surface area contributed by atoms with Crippen molar-refractivity contribution in [3.05, 3.63) is 59.5 Å². The van der Waals surface area contributed by atoms with Crippen LogP contribution in [-0.2, 0) is 24.1 Å². The molecule has 1 aromatic heterocycles. The number of benzene rings is 1. The molecule has 2 N–H and O–H groups in total. The van der Waals surface area contributed by atoms with Gasteiger partial charge in [-0.05, 0) is 55.4 Å². The Bertz CT molecular complexity index is 831. The number of nitrogens with one attached hydrogen (secondary N) is 2. The molecular formula is C23H31IN4O2. The lowest BCUT2D eigenvalue weighted by molar-refractivity contribution is -0.128. The summed E-state index contributed by atoms with van der Waals surface area (Å²) in [6.45, 7) is 2.63. The molecule has 1 amide bonds. The molecule has 162 valence electrons. The smallest absolute Gasteiger partial charge is 0.244 e. The summed E-state index contributed by atoms with van der Waals surface area (Å²) in [6.07, 6.45) is 7.79. The van der Waals surface area contributed by atoms with Crippen molar-refractivity contribution in [2.24, 2.45) is 4.99 Å². The minimum atomic E-state index is 0. The molecule has 4 rings (SSSR count). The average Bonchev–Trinajstić information content (AvgIpc) is 3.46. The number of halogens is 1. The van der Waals surface area contributed by atoms with Crippen LogP contribution in [0.4, 0.5) is 0 Å². The number of hydrogen-bond donors (Lipinski definition) is 2. The lowest BCUT2D eigenvalue weighted by Crippen LogP contribution is -2.46. The van der Waals surface area contributed by atoms with Crippen LogP contribution in [0.3, 0.4) is 0 Å². The van der Waals surface area contributed by atoms with E-state index in [1.54, 1.807) is 6.26 Å². The summed E-state index contributed by atoms with van der Waals surface area (Å²) in [7, 11) is 0. The molecule has 7 heteroatoms. The highest BCUT2D eigenvalue weighted by molar-refractivity contribution is 14.0. The molecule has 30 heavy (non-hydrogen) atoms. The maximum atomic E-state index is 12.4. The van der Waals surface area contributed by atoms with E-state index in [0.717, 1.165) is 57.4 Å². The van der Waals surface area contributed by atoms with Crippen LogP contribution in [-0.4, -0.2) is 49.0 Å². The van der Waals surface area contributed by atoms with Crippen molar-refractivity contribution in [3.8, 4) is 0 Å². The number of fused-ring (bicyclic) bond motifs is 1. The second-order valence-corrected chi connectivity index (χ2v) is 7.86. The van der Waals surface area contributed by atoms with Gasteiger partial charge in [0.15, 0.2) is 5.96 Å². The van der Waals surface area contributed by atoms with E-state index in [9.17, 15) is 4.79 Å². The first-order chi connectivity index (χ1) is 14.3. The second-order valence-electron chi connectivity index (χ2n) is 7.86. The third-order valence-corrected chi connectivity index (χ3v) is 5.76. The molecule has 1 aromatic carbocycles. The van der Waals surface area contributed by atoms with Gasteiger partial charge in [0.25, 0.3) is 0 Å². The third kappa shape index (κ3) is 6.23. The summed E-state index contributed by atoms with van der Waals surface area (Å²) in [6, 6.07) is 12.8. The van der Waals surface area contributed by atoms with Crippen LogP contribution in [0.15, 0.2) is 52.1 Å². The number of likely N-dealkylation sites (tertiary alicyclic amines) is 1. The van der Waals surface area contributed by atoms with Crippen LogP contribution in [0.25, 0.3) is 0 Å². The molecule has 2 aromatic rings. The van der Waals surface area contributed by atoms with Gasteiger partial charge in [-0.15, -0.1) is 24.0 Å². The van der Waals surface area contributed by atoms with Crippen LogP contribution in [0, 0.1) is 0 Å². The van der Waals surface area contributed by atoms with Gasteiger partial charge in [-0.1, -0.05) is 24.3 Å². The highest BCUT2D eigenvalue weighted by atomic mass is 127. The van der Waals surface area contributed by atoms with E-state index in [0.29, 0.717) is 18.5 Å². The second kappa shape index (κ2) is 11.4. The van der Waals surface area contributed by atoms with Gasteiger partial charge in [-0.25, -0.2) is 4.99 Å². The van der Waals surface area contributed by atoms with Crippen molar-refractivity contribution >= 4 is 35.8 Å². The molecule has 1 unspecified atom stereocenters. The fraction of sp³-hybridized carbons (Fsp3) is 0.478. The van der Waals surface area contributed by atoms with Crippen molar-refractivity contribution < 1.29 is 9.21 Å². The summed E-state index contributed by atoms with van der Waals surface area (Å²) >= 11 is 0. The number of aliphatic imine (C=N–C) groups is 1. The molecule has 0 radical (unpaired) electrons. The first-order valence-corrected chi connectivity index (χ1v) is 10.7. The van der Waals surface area contributed by atoms with E-state index < -0.39 is 0 Å². The standard InChI is InChI=1S/C23H30N4O2.HI/c28-22(27-13-3-4-14-27)17-25-23(24-12-11-21-8-5-15-29-21)26-20-10-9-18-6-1-2-7-19(18)16-20;/h1-2,5-8,15,20H,3-4,9-14,16-17H2,(H2,24,25,26);1H. The summed E-state index contributed by atoms with van der Waals surface area (Å²) in [5.74, 6) is 1.77. The van der Waals surface area contributed by atoms with E-state index in [-0.39, 0.29) is 36.4 Å². The molecule has 1 aliphatic heterocycles. The molecule has 0 bridgehead atoms. The van der Waals surface area contributed by atoms with Crippen molar-refractivity contribution in [2.75, 3.05) is 26.2 Å². The minimum Gasteiger partial charge on any atom is -0.469 e. The molecule has 6 nitrogen and oxygen atoms in total. The van der Waals surface area contributed by atoms with Crippen LogP contribution < -0.4 is 10.6 Å². The number of rotatable bonds is 6. The Morgan fingerprint density at radius 2 is 1.93 bits per heavy atom. The predicted molar refractivity (Wildman–Crippen MR) is 129 cm³/mol. The zero-order chi connectivity index (χ0) is 19.9. The van der Waals surface area contributed by atoms with Gasteiger partial charge in [-0.2, -0.15) is 0 Å². The van der Waals surface area contributed by atoms with Gasteiger partial charge < -0.3 is 20.0 Å². The van der Waals surface area contributed by atoms with Gasteiger partial charge in [0.05, 0.1) is 6.26 Å². The first-order valence-electron chi connectivity index (χ1n) is 10.7. The molecule has 2 aliphatic rings. The molecule has 1 fully saturated rings.